The van der Waals surface area contributed by atoms with E-state index in [1.807, 2.05) is 17.9 Å². The van der Waals surface area contributed by atoms with E-state index in [1.165, 1.54) is 50.8 Å². The van der Waals surface area contributed by atoms with E-state index >= 15 is 0 Å². The highest BCUT2D eigenvalue weighted by Crippen LogP contribution is 2.29. The number of aryl methyl sites for hydroxylation is 2. The standard InChI is InChI=1S/C14H25N3/c1-3-10-15-14-6-4-5-12(14)7-8-13-9-11-16-17(13)2/h9,11-12,14-15H,3-8,10H2,1-2H3. The van der Waals surface area contributed by atoms with E-state index in [2.05, 4.69) is 23.4 Å². The molecule has 0 aromatic carbocycles. The predicted molar refractivity (Wildman–Crippen MR) is 71.0 cm³/mol. The molecule has 1 aliphatic rings. The van der Waals surface area contributed by atoms with Gasteiger partial charge in [-0.1, -0.05) is 13.3 Å². The molecule has 1 saturated carbocycles. The quantitative estimate of drug-likeness (QED) is 0.821. The number of rotatable bonds is 6. The molecule has 0 spiro atoms. The van der Waals surface area contributed by atoms with Gasteiger partial charge in [-0.05, 0) is 50.6 Å². The summed E-state index contributed by atoms with van der Waals surface area (Å²) in [4.78, 5) is 0. The number of hydrogen-bond acceptors (Lipinski definition) is 2. The molecule has 0 radical (unpaired) electrons. The van der Waals surface area contributed by atoms with Gasteiger partial charge in [0, 0.05) is 25.0 Å². The first-order valence-corrected chi connectivity index (χ1v) is 7.01. The van der Waals surface area contributed by atoms with Crippen LogP contribution in [0.15, 0.2) is 12.3 Å². The van der Waals surface area contributed by atoms with Crippen molar-refractivity contribution in [3.63, 3.8) is 0 Å². The summed E-state index contributed by atoms with van der Waals surface area (Å²) in [5.41, 5.74) is 1.37. The van der Waals surface area contributed by atoms with Crippen LogP contribution >= 0.6 is 0 Å². The molecule has 0 bridgehead atoms. The molecule has 2 rings (SSSR count). The molecule has 2 atom stereocenters. The number of nitrogens with zero attached hydrogens (tertiary/aromatic N) is 2. The van der Waals surface area contributed by atoms with Crippen molar-refractivity contribution in [2.45, 2.75) is 51.5 Å². The summed E-state index contributed by atoms with van der Waals surface area (Å²) in [7, 11) is 2.04. The lowest BCUT2D eigenvalue weighted by molar-refractivity contribution is 0.377. The monoisotopic (exact) mass is 235 g/mol. The first-order valence-electron chi connectivity index (χ1n) is 7.01. The summed E-state index contributed by atoms with van der Waals surface area (Å²) in [6.45, 7) is 3.42. The molecule has 3 nitrogen and oxygen atoms in total. The second-order valence-electron chi connectivity index (χ2n) is 5.24. The lowest BCUT2D eigenvalue weighted by Gasteiger charge is -2.20. The Morgan fingerprint density at radius 2 is 2.35 bits per heavy atom. The van der Waals surface area contributed by atoms with E-state index in [9.17, 15) is 0 Å². The van der Waals surface area contributed by atoms with Gasteiger partial charge >= 0.3 is 0 Å². The molecule has 17 heavy (non-hydrogen) atoms. The predicted octanol–water partition coefficient (Wildman–Crippen LogP) is 2.52. The third-order valence-electron chi connectivity index (χ3n) is 4.01. The molecule has 1 fully saturated rings. The summed E-state index contributed by atoms with van der Waals surface area (Å²) >= 11 is 0. The molecule has 3 heteroatoms. The van der Waals surface area contributed by atoms with Crippen molar-refractivity contribution >= 4 is 0 Å². The second kappa shape index (κ2) is 6.20. The number of nitrogens with one attached hydrogen (secondary N) is 1. The minimum absolute atomic E-state index is 0.767. The molecule has 1 aliphatic carbocycles. The van der Waals surface area contributed by atoms with Crippen molar-refractivity contribution in [2.24, 2.45) is 13.0 Å². The molecular formula is C14H25N3. The van der Waals surface area contributed by atoms with Gasteiger partial charge in [0.2, 0.25) is 0 Å². The van der Waals surface area contributed by atoms with Gasteiger partial charge in [-0.3, -0.25) is 4.68 Å². The highest BCUT2D eigenvalue weighted by molar-refractivity contribution is 5.00. The Morgan fingerprint density at radius 3 is 3.06 bits per heavy atom. The fraction of sp³-hybridized carbons (Fsp3) is 0.786. The van der Waals surface area contributed by atoms with Crippen molar-refractivity contribution in [3.05, 3.63) is 18.0 Å². The zero-order chi connectivity index (χ0) is 12.1. The van der Waals surface area contributed by atoms with Crippen LogP contribution in [0, 0.1) is 5.92 Å². The van der Waals surface area contributed by atoms with Crippen LogP contribution in [-0.2, 0) is 13.5 Å². The average molecular weight is 235 g/mol. The molecule has 1 aromatic heterocycles. The third kappa shape index (κ3) is 3.32. The molecule has 0 amide bonds. The second-order valence-corrected chi connectivity index (χ2v) is 5.24. The van der Waals surface area contributed by atoms with Crippen LogP contribution in [0.1, 0.15) is 44.7 Å². The Labute approximate surface area is 105 Å². The van der Waals surface area contributed by atoms with Crippen molar-refractivity contribution in [3.8, 4) is 0 Å². The third-order valence-corrected chi connectivity index (χ3v) is 4.01. The lowest BCUT2D eigenvalue weighted by atomic mass is 9.96. The molecular weight excluding hydrogens is 210 g/mol. The number of aromatic nitrogens is 2. The smallest absolute Gasteiger partial charge is 0.0492 e. The van der Waals surface area contributed by atoms with Gasteiger partial charge < -0.3 is 5.32 Å². The summed E-state index contributed by atoms with van der Waals surface area (Å²) in [5.74, 6) is 0.872. The molecule has 0 saturated heterocycles. The molecule has 1 N–H and O–H groups in total. The Hall–Kier alpha value is -0.830. The van der Waals surface area contributed by atoms with Crippen LogP contribution in [0.4, 0.5) is 0 Å². The lowest BCUT2D eigenvalue weighted by Crippen LogP contribution is -2.33. The van der Waals surface area contributed by atoms with Gasteiger partial charge in [0.05, 0.1) is 0 Å². The first kappa shape index (κ1) is 12.6. The van der Waals surface area contributed by atoms with Crippen LogP contribution in [-0.4, -0.2) is 22.4 Å². The van der Waals surface area contributed by atoms with Gasteiger partial charge in [0.25, 0.3) is 0 Å². The topological polar surface area (TPSA) is 29.9 Å². The summed E-state index contributed by atoms with van der Waals surface area (Å²) in [6, 6.07) is 2.91. The Morgan fingerprint density at radius 1 is 1.47 bits per heavy atom. The maximum atomic E-state index is 4.23. The van der Waals surface area contributed by atoms with Gasteiger partial charge in [-0.15, -0.1) is 0 Å². The summed E-state index contributed by atoms with van der Waals surface area (Å²) in [5, 5.41) is 7.94. The number of hydrogen-bond donors (Lipinski definition) is 1. The van der Waals surface area contributed by atoms with Crippen LogP contribution in [0.2, 0.25) is 0 Å². The van der Waals surface area contributed by atoms with Crippen molar-refractivity contribution in [2.75, 3.05) is 6.54 Å². The van der Waals surface area contributed by atoms with Crippen molar-refractivity contribution < 1.29 is 0 Å². The van der Waals surface area contributed by atoms with E-state index < -0.39 is 0 Å². The van der Waals surface area contributed by atoms with Gasteiger partial charge in [0.1, 0.15) is 0 Å². The summed E-state index contributed by atoms with van der Waals surface area (Å²) < 4.78 is 2.00. The van der Waals surface area contributed by atoms with E-state index in [1.54, 1.807) is 0 Å². The largest absolute Gasteiger partial charge is 0.314 e. The van der Waals surface area contributed by atoms with E-state index in [4.69, 9.17) is 0 Å². The maximum Gasteiger partial charge on any atom is 0.0492 e. The van der Waals surface area contributed by atoms with Crippen molar-refractivity contribution in [1.82, 2.24) is 15.1 Å². The molecule has 1 aromatic rings. The zero-order valence-corrected chi connectivity index (χ0v) is 11.2. The fourth-order valence-electron chi connectivity index (χ4n) is 2.96. The minimum Gasteiger partial charge on any atom is -0.314 e. The minimum atomic E-state index is 0.767. The van der Waals surface area contributed by atoms with Gasteiger partial charge in [-0.2, -0.15) is 5.10 Å². The maximum absolute atomic E-state index is 4.23. The first-order chi connectivity index (χ1) is 8.31. The zero-order valence-electron chi connectivity index (χ0n) is 11.2. The van der Waals surface area contributed by atoms with Gasteiger partial charge in [0.15, 0.2) is 0 Å². The highest BCUT2D eigenvalue weighted by Gasteiger charge is 2.26. The van der Waals surface area contributed by atoms with Crippen LogP contribution in [0.5, 0.6) is 0 Å². The SMILES string of the molecule is CCCNC1CCCC1CCc1ccnn1C. The van der Waals surface area contributed by atoms with Crippen LogP contribution in [0.25, 0.3) is 0 Å². The van der Waals surface area contributed by atoms with E-state index in [0.29, 0.717) is 0 Å². The fourth-order valence-corrected chi connectivity index (χ4v) is 2.96. The molecule has 0 aliphatic heterocycles. The highest BCUT2D eigenvalue weighted by atomic mass is 15.2. The molecule has 2 unspecified atom stereocenters. The van der Waals surface area contributed by atoms with Crippen molar-refractivity contribution in [1.29, 1.82) is 0 Å². The Kier molecular flexibility index (Phi) is 4.60. The summed E-state index contributed by atoms with van der Waals surface area (Å²) in [6.07, 6.45) is 9.79. The van der Waals surface area contributed by atoms with Crippen LogP contribution in [0.3, 0.4) is 0 Å². The normalized spacial score (nSPS) is 24.4. The Bertz CT molecular complexity index is 332. The van der Waals surface area contributed by atoms with E-state index in [-0.39, 0.29) is 0 Å². The van der Waals surface area contributed by atoms with E-state index in [0.717, 1.165) is 12.0 Å². The Balaban J connectivity index is 1.80. The van der Waals surface area contributed by atoms with Crippen LogP contribution < -0.4 is 5.32 Å². The molecule has 1 heterocycles. The average Bonchev–Trinajstić information content (AvgIpc) is 2.93. The molecule has 96 valence electrons. The van der Waals surface area contributed by atoms with Gasteiger partial charge in [-0.25, -0.2) is 0 Å².